The molecular weight excluding hydrogens is 240 g/mol. The molecular formula is C14H26N4O. The molecule has 0 aromatic carbocycles. The van der Waals surface area contributed by atoms with E-state index in [1.54, 1.807) is 6.20 Å². The number of morpholine rings is 1. The van der Waals surface area contributed by atoms with Crippen molar-refractivity contribution in [3.63, 3.8) is 0 Å². The van der Waals surface area contributed by atoms with Gasteiger partial charge in [0.1, 0.15) is 0 Å². The molecule has 0 aliphatic carbocycles. The first-order chi connectivity index (χ1) is 9.16. The van der Waals surface area contributed by atoms with Crippen LogP contribution in [0.5, 0.6) is 0 Å². The van der Waals surface area contributed by atoms with E-state index in [0.29, 0.717) is 5.92 Å². The van der Waals surface area contributed by atoms with Crippen molar-refractivity contribution >= 4 is 5.69 Å². The second-order valence-corrected chi connectivity index (χ2v) is 5.66. The highest BCUT2D eigenvalue weighted by Gasteiger charge is 2.13. The van der Waals surface area contributed by atoms with E-state index >= 15 is 0 Å². The molecule has 1 saturated heterocycles. The van der Waals surface area contributed by atoms with Gasteiger partial charge in [-0.05, 0) is 18.8 Å². The highest BCUT2D eigenvalue weighted by molar-refractivity contribution is 5.40. The Morgan fingerprint density at radius 2 is 2.05 bits per heavy atom. The van der Waals surface area contributed by atoms with Crippen LogP contribution in [0.1, 0.15) is 26.0 Å². The molecule has 108 valence electrons. The number of rotatable bonds is 6. The van der Waals surface area contributed by atoms with E-state index in [-0.39, 0.29) is 0 Å². The summed E-state index contributed by atoms with van der Waals surface area (Å²) in [4.78, 5) is 2.42. The lowest BCUT2D eigenvalue weighted by molar-refractivity contribution is 0.0358. The summed E-state index contributed by atoms with van der Waals surface area (Å²) in [5.74, 6) is 0.696. The fraction of sp³-hybridized carbons (Fsp3) is 0.786. The van der Waals surface area contributed by atoms with Crippen LogP contribution in [-0.2, 0) is 17.7 Å². The van der Waals surface area contributed by atoms with Gasteiger partial charge in [0.05, 0.1) is 37.3 Å². The van der Waals surface area contributed by atoms with Crippen molar-refractivity contribution in [2.24, 2.45) is 5.92 Å². The lowest BCUT2D eigenvalue weighted by Gasteiger charge is -2.26. The fourth-order valence-corrected chi connectivity index (χ4v) is 2.38. The Morgan fingerprint density at radius 3 is 2.74 bits per heavy atom. The summed E-state index contributed by atoms with van der Waals surface area (Å²) in [6, 6.07) is 0. The van der Waals surface area contributed by atoms with Crippen LogP contribution in [0.4, 0.5) is 5.69 Å². The minimum atomic E-state index is 0.696. The third-order valence-corrected chi connectivity index (χ3v) is 3.67. The number of nitrogens with two attached hydrogens (primary N) is 1. The molecule has 0 amide bonds. The molecule has 1 aliphatic heterocycles. The van der Waals surface area contributed by atoms with Crippen molar-refractivity contribution in [3.05, 3.63) is 11.9 Å². The van der Waals surface area contributed by atoms with Gasteiger partial charge in [-0.15, -0.1) is 0 Å². The molecule has 1 aliphatic rings. The number of ether oxygens (including phenoxy) is 1. The minimum Gasteiger partial charge on any atom is -0.396 e. The molecule has 2 heterocycles. The van der Waals surface area contributed by atoms with Gasteiger partial charge in [-0.3, -0.25) is 9.58 Å². The molecule has 0 atom stereocenters. The van der Waals surface area contributed by atoms with E-state index in [9.17, 15) is 0 Å². The van der Waals surface area contributed by atoms with Crippen molar-refractivity contribution in [2.45, 2.75) is 33.2 Å². The molecule has 1 fully saturated rings. The molecule has 2 rings (SSSR count). The summed E-state index contributed by atoms with van der Waals surface area (Å²) in [7, 11) is 0. The number of nitrogen functional groups attached to an aromatic ring is 1. The number of hydrogen-bond acceptors (Lipinski definition) is 4. The molecule has 5 nitrogen and oxygen atoms in total. The second kappa shape index (κ2) is 6.91. The summed E-state index contributed by atoms with van der Waals surface area (Å²) in [5.41, 5.74) is 8.05. The van der Waals surface area contributed by atoms with Gasteiger partial charge in [0, 0.05) is 19.6 Å². The molecule has 0 radical (unpaired) electrons. The van der Waals surface area contributed by atoms with E-state index in [1.807, 2.05) is 0 Å². The topological polar surface area (TPSA) is 56.3 Å². The van der Waals surface area contributed by atoms with Crippen LogP contribution >= 0.6 is 0 Å². The molecule has 0 spiro atoms. The van der Waals surface area contributed by atoms with Crippen molar-refractivity contribution in [1.29, 1.82) is 0 Å². The molecule has 0 unspecified atom stereocenters. The maximum atomic E-state index is 6.02. The van der Waals surface area contributed by atoms with Crippen LogP contribution in [0.3, 0.4) is 0 Å². The zero-order chi connectivity index (χ0) is 13.7. The molecule has 0 bridgehead atoms. The average molecular weight is 266 g/mol. The summed E-state index contributed by atoms with van der Waals surface area (Å²) in [6.45, 7) is 10.2. The van der Waals surface area contributed by atoms with Gasteiger partial charge in [0.25, 0.3) is 0 Å². The van der Waals surface area contributed by atoms with Gasteiger partial charge in [-0.1, -0.05) is 13.8 Å². The van der Waals surface area contributed by atoms with Crippen LogP contribution in [0.25, 0.3) is 0 Å². The maximum Gasteiger partial charge on any atom is 0.0733 e. The van der Waals surface area contributed by atoms with E-state index in [2.05, 4.69) is 28.5 Å². The normalized spacial score (nSPS) is 17.2. The average Bonchev–Trinajstić information content (AvgIpc) is 2.76. The quantitative estimate of drug-likeness (QED) is 0.845. The number of hydrogen-bond donors (Lipinski definition) is 1. The zero-order valence-corrected chi connectivity index (χ0v) is 12.1. The van der Waals surface area contributed by atoms with Gasteiger partial charge >= 0.3 is 0 Å². The van der Waals surface area contributed by atoms with Crippen LogP contribution < -0.4 is 5.73 Å². The number of anilines is 1. The number of nitrogens with zero attached hydrogens (tertiary/aromatic N) is 3. The first-order valence-electron chi connectivity index (χ1n) is 7.27. The highest BCUT2D eigenvalue weighted by Crippen LogP contribution is 2.16. The van der Waals surface area contributed by atoms with Gasteiger partial charge in [-0.25, -0.2) is 0 Å². The summed E-state index contributed by atoms with van der Waals surface area (Å²) >= 11 is 0. The van der Waals surface area contributed by atoms with Crippen LogP contribution in [0.2, 0.25) is 0 Å². The molecule has 1 aromatic rings. The molecule has 2 N–H and O–H groups in total. The fourth-order valence-electron chi connectivity index (χ4n) is 2.38. The minimum absolute atomic E-state index is 0.696. The Balaban J connectivity index is 1.88. The Morgan fingerprint density at radius 1 is 1.32 bits per heavy atom. The summed E-state index contributed by atoms with van der Waals surface area (Å²) in [5, 5.41) is 4.41. The first-order valence-corrected chi connectivity index (χ1v) is 7.27. The third-order valence-electron chi connectivity index (χ3n) is 3.67. The van der Waals surface area contributed by atoms with Crippen molar-refractivity contribution in [2.75, 3.05) is 38.6 Å². The number of aromatic nitrogens is 2. The van der Waals surface area contributed by atoms with Crippen molar-refractivity contribution < 1.29 is 4.74 Å². The zero-order valence-electron chi connectivity index (χ0n) is 12.1. The Bertz CT molecular complexity index is 383. The van der Waals surface area contributed by atoms with E-state index in [4.69, 9.17) is 10.5 Å². The third kappa shape index (κ3) is 4.21. The van der Waals surface area contributed by atoms with Crippen LogP contribution in [-0.4, -0.2) is 47.5 Å². The largest absolute Gasteiger partial charge is 0.396 e. The van der Waals surface area contributed by atoms with Crippen molar-refractivity contribution in [1.82, 2.24) is 14.7 Å². The lowest BCUT2D eigenvalue weighted by atomic mass is 10.1. The smallest absolute Gasteiger partial charge is 0.0733 e. The molecule has 5 heteroatoms. The van der Waals surface area contributed by atoms with E-state index in [0.717, 1.165) is 57.9 Å². The monoisotopic (exact) mass is 266 g/mol. The van der Waals surface area contributed by atoms with Gasteiger partial charge < -0.3 is 10.5 Å². The predicted molar refractivity (Wildman–Crippen MR) is 77.1 cm³/mol. The second-order valence-electron chi connectivity index (χ2n) is 5.66. The first kappa shape index (κ1) is 14.3. The Labute approximate surface area is 115 Å². The molecule has 0 saturated carbocycles. The Hall–Kier alpha value is -1.07. The molecule has 19 heavy (non-hydrogen) atoms. The van der Waals surface area contributed by atoms with Crippen molar-refractivity contribution in [3.8, 4) is 0 Å². The van der Waals surface area contributed by atoms with Crippen LogP contribution in [0.15, 0.2) is 6.20 Å². The molecule has 1 aromatic heterocycles. The lowest BCUT2D eigenvalue weighted by Crippen LogP contribution is -2.38. The maximum absolute atomic E-state index is 6.02. The Kier molecular flexibility index (Phi) is 5.22. The predicted octanol–water partition coefficient (Wildman–Crippen LogP) is 1.39. The van der Waals surface area contributed by atoms with Gasteiger partial charge in [0.15, 0.2) is 0 Å². The standard InChI is InChI=1S/C14H26N4O/c1-12(2)3-4-14-13(15)11-16-18(14)6-5-17-7-9-19-10-8-17/h11-12H,3-10,15H2,1-2H3. The summed E-state index contributed by atoms with van der Waals surface area (Å²) in [6.07, 6.45) is 3.97. The SMILES string of the molecule is CC(C)CCc1c(N)cnn1CCN1CCOCC1. The van der Waals surface area contributed by atoms with Gasteiger partial charge in [0.2, 0.25) is 0 Å². The highest BCUT2D eigenvalue weighted by atomic mass is 16.5. The van der Waals surface area contributed by atoms with E-state index in [1.165, 1.54) is 5.69 Å². The van der Waals surface area contributed by atoms with E-state index < -0.39 is 0 Å². The van der Waals surface area contributed by atoms with Gasteiger partial charge in [-0.2, -0.15) is 5.10 Å². The van der Waals surface area contributed by atoms with Crippen LogP contribution in [0, 0.1) is 5.92 Å². The summed E-state index contributed by atoms with van der Waals surface area (Å²) < 4.78 is 7.44.